The minimum absolute atomic E-state index is 0.151. The molecule has 0 saturated heterocycles. The second kappa shape index (κ2) is 11.6. The van der Waals surface area contributed by atoms with E-state index in [1.54, 1.807) is 26.8 Å². The summed E-state index contributed by atoms with van der Waals surface area (Å²) in [4.78, 5) is 16.8. The molecule has 1 heterocycles. The lowest BCUT2D eigenvalue weighted by molar-refractivity contribution is 0.0520. The SMILES string of the molecule is CC(C)(C)OC(=O)NCCOc1c(-c2cccc(Br)c2)nc(OCc2ccccc2)c2cc(F)ccc12. The summed E-state index contributed by atoms with van der Waals surface area (Å²) in [6.45, 7) is 6.03. The van der Waals surface area contributed by atoms with Crippen LogP contribution in [0.3, 0.4) is 0 Å². The van der Waals surface area contributed by atoms with Gasteiger partial charge in [0.15, 0.2) is 5.75 Å². The van der Waals surface area contributed by atoms with E-state index in [0.717, 1.165) is 15.6 Å². The standard InChI is InChI=1S/C29H28BrFN2O4/c1-29(2,3)37-28(34)32-14-15-35-26-23-13-12-22(31)17-24(23)27(36-18-19-8-5-4-6-9-19)33-25(26)20-10-7-11-21(30)16-20/h4-13,16-17H,14-15,18H2,1-3H3,(H,32,34). The van der Waals surface area contributed by atoms with Crippen LogP contribution in [-0.2, 0) is 11.3 Å². The number of nitrogens with zero attached hydrogens (tertiary/aromatic N) is 1. The molecule has 0 unspecified atom stereocenters. The molecule has 0 atom stereocenters. The Balaban J connectivity index is 1.69. The summed E-state index contributed by atoms with van der Waals surface area (Å²) >= 11 is 3.52. The van der Waals surface area contributed by atoms with Crippen molar-refractivity contribution in [3.05, 3.63) is 88.6 Å². The molecule has 0 radical (unpaired) electrons. The number of hydrogen-bond donors (Lipinski definition) is 1. The fourth-order valence-corrected chi connectivity index (χ4v) is 4.06. The number of alkyl carbamates (subject to hydrolysis) is 1. The van der Waals surface area contributed by atoms with E-state index in [1.807, 2.05) is 54.6 Å². The van der Waals surface area contributed by atoms with Crippen LogP contribution in [0.15, 0.2) is 77.3 Å². The molecule has 4 aromatic rings. The summed E-state index contributed by atoms with van der Waals surface area (Å²) in [5, 5.41) is 3.82. The molecule has 0 aliphatic rings. The van der Waals surface area contributed by atoms with Crippen molar-refractivity contribution < 1.29 is 23.4 Å². The fraction of sp³-hybridized carbons (Fsp3) is 0.241. The zero-order chi connectivity index (χ0) is 26.4. The van der Waals surface area contributed by atoms with E-state index in [0.29, 0.717) is 28.1 Å². The predicted octanol–water partition coefficient (Wildman–Crippen LogP) is 7.29. The molecule has 0 fully saturated rings. The van der Waals surface area contributed by atoms with Gasteiger partial charge in [-0.05, 0) is 56.7 Å². The van der Waals surface area contributed by atoms with Gasteiger partial charge in [0.25, 0.3) is 0 Å². The summed E-state index contributed by atoms with van der Waals surface area (Å²) in [5.41, 5.74) is 1.70. The number of halogens is 2. The zero-order valence-corrected chi connectivity index (χ0v) is 22.5. The molecule has 37 heavy (non-hydrogen) atoms. The molecule has 3 aromatic carbocycles. The molecule has 1 amide bonds. The third kappa shape index (κ3) is 7.20. The van der Waals surface area contributed by atoms with Crippen LogP contribution >= 0.6 is 15.9 Å². The van der Waals surface area contributed by atoms with Crippen LogP contribution in [0.2, 0.25) is 0 Å². The topological polar surface area (TPSA) is 69.7 Å². The van der Waals surface area contributed by atoms with Gasteiger partial charge in [-0.3, -0.25) is 0 Å². The van der Waals surface area contributed by atoms with E-state index in [4.69, 9.17) is 19.2 Å². The molecule has 192 valence electrons. The maximum Gasteiger partial charge on any atom is 0.407 e. The molecular formula is C29H28BrFN2O4. The highest BCUT2D eigenvalue weighted by Crippen LogP contribution is 2.40. The second-order valence-electron chi connectivity index (χ2n) is 9.35. The second-order valence-corrected chi connectivity index (χ2v) is 10.3. The number of ether oxygens (including phenoxy) is 3. The summed E-state index contributed by atoms with van der Waals surface area (Å²) in [7, 11) is 0. The number of fused-ring (bicyclic) bond motifs is 1. The maximum absolute atomic E-state index is 14.3. The molecule has 4 rings (SSSR count). The van der Waals surface area contributed by atoms with Gasteiger partial charge in [-0.25, -0.2) is 14.2 Å². The molecule has 0 bridgehead atoms. The third-order valence-electron chi connectivity index (χ3n) is 5.22. The molecule has 0 saturated carbocycles. The summed E-state index contributed by atoms with van der Waals surface area (Å²) < 4.78 is 32.7. The van der Waals surface area contributed by atoms with Crippen molar-refractivity contribution in [2.24, 2.45) is 0 Å². The van der Waals surface area contributed by atoms with E-state index in [1.165, 1.54) is 12.1 Å². The van der Waals surface area contributed by atoms with Crippen LogP contribution in [0.1, 0.15) is 26.3 Å². The first-order chi connectivity index (χ1) is 17.7. The Morgan fingerprint density at radius 2 is 1.76 bits per heavy atom. The molecule has 6 nitrogen and oxygen atoms in total. The first kappa shape index (κ1) is 26.4. The molecular weight excluding hydrogens is 539 g/mol. The quantitative estimate of drug-likeness (QED) is 0.227. The molecule has 0 aliphatic heterocycles. The molecule has 8 heteroatoms. The van der Waals surface area contributed by atoms with Crippen LogP contribution < -0.4 is 14.8 Å². The van der Waals surface area contributed by atoms with Gasteiger partial charge in [0.1, 0.15) is 30.3 Å². The van der Waals surface area contributed by atoms with E-state index < -0.39 is 17.5 Å². The van der Waals surface area contributed by atoms with Gasteiger partial charge in [-0.2, -0.15) is 0 Å². The van der Waals surface area contributed by atoms with Crippen LogP contribution in [-0.4, -0.2) is 29.8 Å². The van der Waals surface area contributed by atoms with Gasteiger partial charge in [-0.15, -0.1) is 0 Å². The number of rotatable bonds is 8. The smallest absolute Gasteiger partial charge is 0.407 e. The fourth-order valence-electron chi connectivity index (χ4n) is 3.67. The van der Waals surface area contributed by atoms with Gasteiger partial charge >= 0.3 is 6.09 Å². The van der Waals surface area contributed by atoms with E-state index in [9.17, 15) is 9.18 Å². The Kier molecular flexibility index (Phi) is 8.28. The third-order valence-corrected chi connectivity index (χ3v) is 5.71. The van der Waals surface area contributed by atoms with Gasteiger partial charge in [0, 0.05) is 15.4 Å². The van der Waals surface area contributed by atoms with Crippen molar-refractivity contribution in [3.8, 4) is 22.9 Å². The number of pyridine rings is 1. The Morgan fingerprint density at radius 1 is 0.973 bits per heavy atom. The van der Waals surface area contributed by atoms with Crippen molar-refractivity contribution in [1.29, 1.82) is 0 Å². The van der Waals surface area contributed by atoms with Crippen molar-refractivity contribution in [1.82, 2.24) is 10.3 Å². The van der Waals surface area contributed by atoms with Crippen LogP contribution in [0, 0.1) is 5.82 Å². The number of hydrogen-bond acceptors (Lipinski definition) is 5. The highest BCUT2D eigenvalue weighted by molar-refractivity contribution is 9.10. The van der Waals surface area contributed by atoms with E-state index in [2.05, 4.69) is 21.2 Å². The summed E-state index contributed by atoms with van der Waals surface area (Å²) in [5.74, 6) is 0.352. The van der Waals surface area contributed by atoms with Crippen molar-refractivity contribution in [2.45, 2.75) is 33.0 Å². The molecule has 1 N–H and O–H groups in total. The van der Waals surface area contributed by atoms with Crippen molar-refractivity contribution >= 4 is 32.8 Å². The maximum atomic E-state index is 14.3. The molecule has 0 aliphatic carbocycles. The highest BCUT2D eigenvalue weighted by atomic mass is 79.9. The Bertz CT molecular complexity index is 1390. The first-order valence-corrected chi connectivity index (χ1v) is 12.6. The van der Waals surface area contributed by atoms with Gasteiger partial charge in [0.2, 0.25) is 5.88 Å². The monoisotopic (exact) mass is 566 g/mol. The zero-order valence-electron chi connectivity index (χ0n) is 20.9. The normalized spacial score (nSPS) is 11.3. The van der Waals surface area contributed by atoms with Crippen LogP contribution in [0.4, 0.5) is 9.18 Å². The van der Waals surface area contributed by atoms with Gasteiger partial charge in [-0.1, -0.05) is 58.4 Å². The number of nitrogens with one attached hydrogen (secondary N) is 1. The van der Waals surface area contributed by atoms with Crippen LogP contribution in [0.25, 0.3) is 22.0 Å². The van der Waals surface area contributed by atoms with Crippen molar-refractivity contribution in [2.75, 3.05) is 13.2 Å². The summed E-state index contributed by atoms with van der Waals surface area (Å²) in [6.07, 6.45) is -0.530. The first-order valence-electron chi connectivity index (χ1n) is 11.9. The lowest BCUT2D eigenvalue weighted by Gasteiger charge is -2.20. The van der Waals surface area contributed by atoms with E-state index in [-0.39, 0.29) is 19.8 Å². The minimum Gasteiger partial charge on any atom is -0.489 e. The lowest BCUT2D eigenvalue weighted by atomic mass is 10.0. The van der Waals surface area contributed by atoms with Gasteiger partial charge < -0.3 is 19.5 Å². The van der Waals surface area contributed by atoms with Crippen LogP contribution in [0.5, 0.6) is 11.6 Å². The number of amides is 1. The summed E-state index contributed by atoms with van der Waals surface area (Å²) in [6, 6.07) is 21.8. The number of aromatic nitrogens is 1. The largest absolute Gasteiger partial charge is 0.489 e. The Labute approximate surface area is 223 Å². The average Bonchev–Trinajstić information content (AvgIpc) is 2.85. The Hall–Kier alpha value is -3.65. The van der Waals surface area contributed by atoms with Gasteiger partial charge in [0.05, 0.1) is 11.9 Å². The van der Waals surface area contributed by atoms with Crippen molar-refractivity contribution in [3.63, 3.8) is 0 Å². The number of carbonyl (C=O) groups is 1. The Morgan fingerprint density at radius 3 is 2.49 bits per heavy atom. The highest BCUT2D eigenvalue weighted by Gasteiger charge is 2.20. The minimum atomic E-state index is -0.599. The number of carbonyl (C=O) groups excluding carboxylic acids is 1. The average molecular weight is 567 g/mol. The lowest BCUT2D eigenvalue weighted by Crippen LogP contribution is -2.34. The van der Waals surface area contributed by atoms with E-state index >= 15 is 0 Å². The number of benzene rings is 3. The molecule has 1 aromatic heterocycles. The molecule has 0 spiro atoms. The predicted molar refractivity (Wildman–Crippen MR) is 145 cm³/mol.